The van der Waals surface area contributed by atoms with Crippen LogP contribution in [0.4, 0.5) is 11.6 Å². The third-order valence-electron chi connectivity index (χ3n) is 2.20. The van der Waals surface area contributed by atoms with E-state index in [1.165, 1.54) is 0 Å². The van der Waals surface area contributed by atoms with Crippen molar-refractivity contribution in [3.8, 4) is 0 Å². The molecule has 2 unspecified atom stereocenters. The monoisotopic (exact) mass is 227 g/mol. The molecule has 1 saturated heterocycles. The fourth-order valence-corrected chi connectivity index (χ4v) is 1.35. The highest BCUT2D eigenvalue weighted by Gasteiger charge is 2.37. The Kier molecular flexibility index (Phi) is 2.33. The number of nitrogens with two attached hydrogens (primary N) is 2. The van der Waals surface area contributed by atoms with Crippen molar-refractivity contribution < 1.29 is 9.66 Å². The van der Waals surface area contributed by atoms with E-state index in [0.29, 0.717) is 6.61 Å². The summed E-state index contributed by atoms with van der Waals surface area (Å²) in [5, 5.41) is 10.7. The molecule has 1 fully saturated rings. The zero-order valence-corrected chi connectivity index (χ0v) is 8.04. The van der Waals surface area contributed by atoms with E-state index in [-0.39, 0.29) is 17.7 Å². The molecule has 0 bridgehead atoms. The fourth-order valence-electron chi connectivity index (χ4n) is 1.35. The maximum Gasteiger partial charge on any atom is 0.356 e. The first-order valence-corrected chi connectivity index (χ1v) is 4.42. The first-order valence-electron chi connectivity index (χ1n) is 4.42. The molecule has 0 spiro atoms. The zero-order chi connectivity index (χ0) is 11.9. The molecule has 0 saturated carbocycles. The Hall–Kier alpha value is -2.00. The molecule has 5 N–H and O–H groups in total. The number of nitrogens with one attached hydrogen (secondary N) is 1. The molecule has 86 valence electrons. The highest BCUT2D eigenvalue weighted by Crippen LogP contribution is 2.28. The van der Waals surface area contributed by atoms with Gasteiger partial charge in [-0.05, 0) is 0 Å². The van der Waals surface area contributed by atoms with Crippen molar-refractivity contribution in [1.29, 1.82) is 0 Å². The molecule has 1 aromatic heterocycles. The Morgan fingerprint density at radius 1 is 1.69 bits per heavy atom. The van der Waals surface area contributed by atoms with Gasteiger partial charge in [0.2, 0.25) is 5.95 Å². The molecular formula is C7H9N5O4. The molecule has 0 radical (unpaired) electrons. The average Bonchev–Trinajstić information content (AvgIpc) is 2.97. The van der Waals surface area contributed by atoms with Gasteiger partial charge in [-0.2, -0.15) is 0 Å². The summed E-state index contributed by atoms with van der Waals surface area (Å²) in [7, 11) is 0. The maximum absolute atomic E-state index is 11.3. The molecule has 2 atom stereocenters. The molecular weight excluding hydrogens is 218 g/mol. The van der Waals surface area contributed by atoms with Gasteiger partial charge in [0, 0.05) is 0 Å². The standard InChI is InChI=1S/C7H9N5O4/c8-3(2-1-16-2)4-5(12(14)15)6(13)11-7(9)10-4/h2-3H,1,8H2,(H3,9,10,11,13). The van der Waals surface area contributed by atoms with Crippen molar-refractivity contribution in [1.82, 2.24) is 9.97 Å². The minimum Gasteiger partial charge on any atom is -0.371 e. The third kappa shape index (κ3) is 1.73. The number of nitrogen functional groups attached to an aromatic ring is 1. The number of anilines is 1. The van der Waals surface area contributed by atoms with Gasteiger partial charge < -0.3 is 16.2 Å². The molecule has 9 nitrogen and oxygen atoms in total. The van der Waals surface area contributed by atoms with E-state index in [9.17, 15) is 14.9 Å². The Morgan fingerprint density at radius 2 is 2.31 bits per heavy atom. The quantitative estimate of drug-likeness (QED) is 0.328. The van der Waals surface area contributed by atoms with Crippen LogP contribution in [0.1, 0.15) is 11.7 Å². The number of nitro groups is 1. The molecule has 0 aromatic carbocycles. The minimum absolute atomic E-state index is 0.145. The van der Waals surface area contributed by atoms with Crippen LogP contribution in [0, 0.1) is 10.1 Å². The van der Waals surface area contributed by atoms with Crippen LogP contribution in [0.2, 0.25) is 0 Å². The summed E-state index contributed by atoms with van der Waals surface area (Å²) in [6.07, 6.45) is -0.340. The smallest absolute Gasteiger partial charge is 0.356 e. The Labute approximate surface area is 88.6 Å². The normalized spacial score (nSPS) is 20.4. The lowest BCUT2D eigenvalue weighted by Crippen LogP contribution is -2.26. The second-order valence-electron chi connectivity index (χ2n) is 3.34. The van der Waals surface area contributed by atoms with E-state index < -0.39 is 22.2 Å². The molecule has 9 heteroatoms. The van der Waals surface area contributed by atoms with Gasteiger partial charge in [0.05, 0.1) is 17.6 Å². The summed E-state index contributed by atoms with van der Waals surface area (Å²) >= 11 is 0. The SMILES string of the molecule is Nc1nc(C(N)C2CO2)c([N+](=O)[O-])c(=O)[nH]1. The number of hydrogen-bond donors (Lipinski definition) is 3. The summed E-state index contributed by atoms with van der Waals surface area (Å²) in [5.74, 6) is -0.207. The van der Waals surface area contributed by atoms with E-state index >= 15 is 0 Å². The summed E-state index contributed by atoms with van der Waals surface area (Å²) in [4.78, 5) is 27.0. The van der Waals surface area contributed by atoms with Gasteiger partial charge in [0.25, 0.3) is 0 Å². The van der Waals surface area contributed by atoms with Crippen LogP contribution < -0.4 is 17.0 Å². The van der Waals surface area contributed by atoms with Gasteiger partial charge in [0.15, 0.2) is 0 Å². The Morgan fingerprint density at radius 3 is 2.81 bits per heavy atom. The van der Waals surface area contributed by atoms with Gasteiger partial charge in [-0.25, -0.2) is 4.98 Å². The number of aromatic nitrogens is 2. The summed E-state index contributed by atoms with van der Waals surface area (Å²) < 4.78 is 4.90. The summed E-state index contributed by atoms with van der Waals surface area (Å²) in [5.41, 5.74) is 9.24. The zero-order valence-electron chi connectivity index (χ0n) is 8.04. The Bertz CT molecular complexity index is 494. The highest BCUT2D eigenvalue weighted by molar-refractivity contribution is 5.39. The highest BCUT2D eigenvalue weighted by atomic mass is 16.6. The number of aromatic amines is 1. The van der Waals surface area contributed by atoms with E-state index in [2.05, 4.69) is 4.98 Å². The topological polar surface area (TPSA) is 153 Å². The van der Waals surface area contributed by atoms with Crippen LogP contribution in [-0.2, 0) is 4.74 Å². The van der Waals surface area contributed by atoms with Crippen LogP contribution in [0.5, 0.6) is 0 Å². The largest absolute Gasteiger partial charge is 0.371 e. The maximum atomic E-state index is 11.3. The average molecular weight is 227 g/mol. The van der Waals surface area contributed by atoms with E-state index in [0.717, 1.165) is 0 Å². The molecule has 0 aliphatic carbocycles. The first kappa shape index (κ1) is 10.5. The van der Waals surface area contributed by atoms with Crippen molar-refractivity contribution in [2.24, 2.45) is 5.73 Å². The number of H-pyrrole nitrogens is 1. The number of epoxide rings is 1. The van der Waals surface area contributed by atoms with E-state index in [4.69, 9.17) is 16.2 Å². The van der Waals surface area contributed by atoms with E-state index in [1.807, 2.05) is 4.98 Å². The van der Waals surface area contributed by atoms with Crippen LogP contribution >= 0.6 is 0 Å². The van der Waals surface area contributed by atoms with Crippen LogP contribution in [-0.4, -0.2) is 27.6 Å². The lowest BCUT2D eigenvalue weighted by molar-refractivity contribution is -0.387. The number of nitrogens with zero attached hydrogens (tertiary/aromatic N) is 2. The number of hydrogen-bond acceptors (Lipinski definition) is 7. The van der Waals surface area contributed by atoms with Crippen molar-refractivity contribution in [3.63, 3.8) is 0 Å². The van der Waals surface area contributed by atoms with Gasteiger partial charge >= 0.3 is 11.2 Å². The minimum atomic E-state index is -0.913. The van der Waals surface area contributed by atoms with Crippen molar-refractivity contribution in [3.05, 3.63) is 26.2 Å². The molecule has 0 amide bonds. The molecule has 2 heterocycles. The van der Waals surface area contributed by atoms with Crippen LogP contribution in [0.15, 0.2) is 4.79 Å². The molecule has 2 rings (SSSR count). The van der Waals surface area contributed by atoms with Crippen LogP contribution in [0.3, 0.4) is 0 Å². The second-order valence-corrected chi connectivity index (χ2v) is 3.34. The van der Waals surface area contributed by atoms with Crippen molar-refractivity contribution in [2.45, 2.75) is 12.1 Å². The molecule has 16 heavy (non-hydrogen) atoms. The van der Waals surface area contributed by atoms with Crippen LogP contribution in [0.25, 0.3) is 0 Å². The van der Waals surface area contributed by atoms with Gasteiger partial charge in [-0.1, -0.05) is 0 Å². The van der Waals surface area contributed by atoms with Gasteiger partial charge in [-0.3, -0.25) is 19.9 Å². The third-order valence-corrected chi connectivity index (χ3v) is 2.20. The predicted molar refractivity (Wildman–Crippen MR) is 52.6 cm³/mol. The van der Waals surface area contributed by atoms with E-state index in [1.54, 1.807) is 0 Å². The fraction of sp³-hybridized carbons (Fsp3) is 0.429. The Balaban J connectivity index is 2.56. The van der Waals surface area contributed by atoms with Gasteiger partial charge in [-0.15, -0.1) is 0 Å². The molecule has 1 aliphatic heterocycles. The number of rotatable bonds is 3. The van der Waals surface area contributed by atoms with Gasteiger partial charge in [0.1, 0.15) is 11.8 Å². The first-order chi connectivity index (χ1) is 7.50. The second kappa shape index (κ2) is 3.54. The number of ether oxygens (including phenoxy) is 1. The summed E-state index contributed by atoms with van der Waals surface area (Å²) in [6, 6.07) is -0.815. The lowest BCUT2D eigenvalue weighted by atomic mass is 10.1. The molecule has 1 aromatic rings. The predicted octanol–water partition coefficient (Wildman–Crippen LogP) is -1.34. The summed E-state index contributed by atoms with van der Waals surface area (Å²) in [6.45, 7) is 0.396. The molecule has 1 aliphatic rings. The van der Waals surface area contributed by atoms with Crippen molar-refractivity contribution >= 4 is 11.6 Å². The lowest BCUT2D eigenvalue weighted by Gasteiger charge is -2.07. The van der Waals surface area contributed by atoms with Crippen molar-refractivity contribution in [2.75, 3.05) is 12.3 Å².